The number of ketones is 2. The van der Waals surface area contributed by atoms with E-state index in [1.54, 1.807) is 19.1 Å². The third-order valence-electron chi connectivity index (χ3n) is 8.33. The number of carbonyl (C=O) groups excluding carboxylic acids is 2. The van der Waals surface area contributed by atoms with Crippen molar-refractivity contribution in [3.8, 4) is 0 Å². The molecule has 0 saturated heterocycles. The van der Waals surface area contributed by atoms with Crippen LogP contribution in [0, 0.1) is 22.7 Å². The summed E-state index contributed by atoms with van der Waals surface area (Å²) in [5.74, 6) is -1.41. The fourth-order valence-electron chi connectivity index (χ4n) is 6.72. The topological polar surface area (TPSA) is 54.4 Å². The van der Waals surface area contributed by atoms with E-state index in [1.165, 1.54) is 6.08 Å². The smallest absolute Gasteiger partial charge is 0.195 e. The molecule has 0 aliphatic heterocycles. The van der Waals surface area contributed by atoms with Gasteiger partial charge in [0.05, 0.1) is 4.87 Å². The van der Waals surface area contributed by atoms with Crippen LogP contribution in [0.15, 0.2) is 23.8 Å². The fraction of sp³-hybridized carbons (Fsp3) is 0.714. The standard InChI is InChI=1S/C21H25ClF2O3/c1-18-7-5-13(25)9-12(18)3-4-15-14-6-8-20(27,17(26)11-23)19(14,2)10-16(24)21(15,18)22/h5,7,9,14-16,27H,3-4,6,8,10-11H2,1-2H3/t14-,15-,16?,18-,19-,20-,21-/m0/s1. The molecule has 0 aromatic carbocycles. The number of fused-ring (bicyclic) bond motifs is 5. The maximum atomic E-state index is 15.8. The second-order valence-corrected chi connectivity index (χ2v) is 9.80. The summed E-state index contributed by atoms with van der Waals surface area (Å²) in [4.78, 5) is 22.8. The first kappa shape index (κ1) is 19.3. The van der Waals surface area contributed by atoms with E-state index in [9.17, 15) is 19.1 Å². The van der Waals surface area contributed by atoms with Gasteiger partial charge in [-0.3, -0.25) is 9.59 Å². The number of allylic oxidation sites excluding steroid dienone is 4. The molecule has 0 radical (unpaired) electrons. The molecule has 1 N–H and O–H groups in total. The highest BCUT2D eigenvalue weighted by atomic mass is 35.5. The van der Waals surface area contributed by atoms with Gasteiger partial charge in [0.25, 0.3) is 0 Å². The van der Waals surface area contributed by atoms with Crippen LogP contribution in [0.4, 0.5) is 8.78 Å². The number of carbonyl (C=O) groups is 2. The van der Waals surface area contributed by atoms with Gasteiger partial charge in [0, 0.05) is 10.8 Å². The Hall–Kier alpha value is -1.07. The Bertz CT molecular complexity index is 779. The molecular weight excluding hydrogens is 374 g/mol. The fourth-order valence-corrected chi connectivity index (χ4v) is 7.24. The predicted octanol–water partition coefficient (Wildman–Crippen LogP) is 3.87. The number of hydrogen-bond acceptors (Lipinski definition) is 3. The van der Waals surface area contributed by atoms with Gasteiger partial charge < -0.3 is 5.11 Å². The molecule has 7 atom stereocenters. The summed E-state index contributed by atoms with van der Waals surface area (Å²) in [6.45, 7) is 2.35. The van der Waals surface area contributed by atoms with E-state index in [-0.39, 0.29) is 30.5 Å². The van der Waals surface area contributed by atoms with Crippen molar-refractivity contribution in [3.63, 3.8) is 0 Å². The molecule has 3 saturated carbocycles. The zero-order valence-electron chi connectivity index (χ0n) is 15.6. The first-order valence-electron chi connectivity index (χ1n) is 9.63. The minimum absolute atomic E-state index is 0.0927. The third-order valence-corrected chi connectivity index (χ3v) is 9.24. The van der Waals surface area contributed by atoms with Crippen molar-refractivity contribution in [2.45, 2.75) is 62.6 Å². The molecule has 1 unspecified atom stereocenters. The van der Waals surface area contributed by atoms with E-state index >= 15 is 4.39 Å². The maximum absolute atomic E-state index is 15.8. The van der Waals surface area contributed by atoms with Crippen molar-refractivity contribution in [1.82, 2.24) is 0 Å². The normalized spacial score (nSPS) is 51.3. The van der Waals surface area contributed by atoms with Crippen LogP contribution in [0.5, 0.6) is 0 Å². The molecule has 0 heterocycles. The molecule has 27 heavy (non-hydrogen) atoms. The van der Waals surface area contributed by atoms with E-state index in [2.05, 4.69) is 0 Å². The van der Waals surface area contributed by atoms with Gasteiger partial charge in [-0.1, -0.05) is 25.5 Å². The molecule has 4 aliphatic rings. The molecule has 0 aromatic rings. The third kappa shape index (κ3) is 2.10. The Balaban J connectivity index is 1.81. The first-order chi connectivity index (χ1) is 12.5. The van der Waals surface area contributed by atoms with Gasteiger partial charge in [-0.05, 0) is 56.1 Å². The van der Waals surface area contributed by atoms with Gasteiger partial charge >= 0.3 is 0 Å². The maximum Gasteiger partial charge on any atom is 0.195 e. The lowest BCUT2D eigenvalue weighted by atomic mass is 9.46. The molecule has 3 nitrogen and oxygen atoms in total. The van der Waals surface area contributed by atoms with Crippen molar-refractivity contribution in [1.29, 1.82) is 0 Å². The van der Waals surface area contributed by atoms with Crippen molar-refractivity contribution in [2.24, 2.45) is 22.7 Å². The van der Waals surface area contributed by atoms with Crippen LogP contribution < -0.4 is 0 Å². The van der Waals surface area contributed by atoms with Crippen molar-refractivity contribution >= 4 is 23.2 Å². The second-order valence-electron chi connectivity index (χ2n) is 9.17. The van der Waals surface area contributed by atoms with Gasteiger partial charge in [-0.15, -0.1) is 11.6 Å². The highest BCUT2D eigenvalue weighted by molar-refractivity contribution is 6.26. The lowest BCUT2D eigenvalue weighted by Gasteiger charge is -2.63. The lowest BCUT2D eigenvalue weighted by Crippen LogP contribution is -2.67. The highest BCUT2D eigenvalue weighted by Crippen LogP contribution is 2.71. The average Bonchev–Trinajstić information content (AvgIpc) is 2.88. The molecule has 148 valence electrons. The van der Waals surface area contributed by atoms with Crippen LogP contribution in [-0.2, 0) is 9.59 Å². The Kier molecular flexibility index (Phi) is 4.08. The second kappa shape index (κ2) is 5.73. The van der Waals surface area contributed by atoms with Crippen LogP contribution in [0.3, 0.4) is 0 Å². The van der Waals surface area contributed by atoms with E-state index in [0.29, 0.717) is 19.3 Å². The largest absolute Gasteiger partial charge is 0.381 e. The molecule has 0 spiro atoms. The zero-order valence-corrected chi connectivity index (χ0v) is 16.4. The quantitative estimate of drug-likeness (QED) is 0.718. The van der Waals surface area contributed by atoms with Crippen molar-refractivity contribution in [2.75, 3.05) is 6.67 Å². The highest BCUT2D eigenvalue weighted by Gasteiger charge is 2.73. The lowest BCUT2D eigenvalue weighted by molar-refractivity contribution is -0.166. The summed E-state index contributed by atoms with van der Waals surface area (Å²) in [5, 5.41) is 11.1. The summed E-state index contributed by atoms with van der Waals surface area (Å²) < 4.78 is 29.0. The number of alkyl halides is 3. The minimum Gasteiger partial charge on any atom is -0.381 e. The average molecular weight is 399 g/mol. The molecular formula is C21H25ClF2O3. The predicted molar refractivity (Wildman–Crippen MR) is 97.9 cm³/mol. The van der Waals surface area contributed by atoms with Crippen molar-refractivity contribution < 1.29 is 23.5 Å². The SMILES string of the molecule is C[C@]12C=CC(=O)C=C1CC[C@H]1[C@@H]3CC[C@](O)(C(=O)CF)[C@@]3(C)CC(F)[C@@]12Cl. The summed E-state index contributed by atoms with van der Waals surface area (Å²) >= 11 is 7.11. The Morgan fingerprint density at radius 2 is 2.04 bits per heavy atom. The summed E-state index contributed by atoms with van der Waals surface area (Å²) in [5.41, 5.74) is -2.83. The number of halogens is 3. The van der Waals surface area contributed by atoms with Gasteiger partial charge in [-0.2, -0.15) is 0 Å². The molecule has 0 bridgehead atoms. The van der Waals surface area contributed by atoms with E-state index < -0.39 is 39.9 Å². The van der Waals surface area contributed by atoms with Gasteiger partial charge in [0.1, 0.15) is 11.8 Å². The monoisotopic (exact) mass is 398 g/mol. The molecule has 3 fully saturated rings. The Labute approximate surface area is 162 Å². The van der Waals surface area contributed by atoms with E-state index in [1.807, 2.05) is 6.92 Å². The minimum atomic E-state index is -1.84. The Morgan fingerprint density at radius 1 is 1.33 bits per heavy atom. The van der Waals surface area contributed by atoms with Crippen LogP contribution in [-0.4, -0.2) is 40.0 Å². The number of Topliss-reactive ketones (excluding diaryl/α,β-unsaturated/α-hetero) is 1. The molecule has 4 rings (SSSR count). The van der Waals surface area contributed by atoms with E-state index in [0.717, 1.165) is 5.57 Å². The van der Waals surface area contributed by atoms with Crippen LogP contribution in [0.25, 0.3) is 0 Å². The number of hydrogen-bond donors (Lipinski definition) is 1. The van der Waals surface area contributed by atoms with E-state index in [4.69, 9.17) is 11.6 Å². The molecule has 0 aromatic heterocycles. The van der Waals surface area contributed by atoms with Crippen molar-refractivity contribution in [3.05, 3.63) is 23.8 Å². The summed E-state index contributed by atoms with van der Waals surface area (Å²) in [6.07, 6.45) is 5.04. The first-order valence-corrected chi connectivity index (χ1v) is 10.0. The van der Waals surface area contributed by atoms with Crippen LogP contribution in [0.1, 0.15) is 46.0 Å². The molecule has 6 heteroatoms. The summed E-state index contributed by atoms with van der Waals surface area (Å²) in [6, 6.07) is 0. The number of rotatable bonds is 2. The van der Waals surface area contributed by atoms with Crippen LogP contribution in [0.2, 0.25) is 0 Å². The molecule has 0 amide bonds. The number of aliphatic hydroxyl groups is 1. The Morgan fingerprint density at radius 3 is 2.70 bits per heavy atom. The summed E-state index contributed by atoms with van der Waals surface area (Å²) in [7, 11) is 0. The van der Waals surface area contributed by atoms with Gasteiger partial charge in [0.2, 0.25) is 0 Å². The van der Waals surface area contributed by atoms with Gasteiger partial charge in [0.15, 0.2) is 18.2 Å². The van der Waals surface area contributed by atoms with Gasteiger partial charge in [-0.25, -0.2) is 8.78 Å². The van der Waals surface area contributed by atoms with Crippen LogP contribution >= 0.6 is 11.6 Å². The molecule has 4 aliphatic carbocycles. The zero-order chi connectivity index (χ0) is 19.8.